The first-order valence-electron chi connectivity index (χ1n) is 7.87. The summed E-state index contributed by atoms with van der Waals surface area (Å²) < 4.78 is 6.71. The van der Waals surface area contributed by atoms with E-state index < -0.39 is 8.32 Å². The highest BCUT2D eigenvalue weighted by molar-refractivity contribution is 6.74. The fourth-order valence-corrected chi connectivity index (χ4v) is 3.31. The minimum Gasteiger partial charge on any atom is -0.404 e. The summed E-state index contributed by atoms with van der Waals surface area (Å²) in [4.78, 5) is 4.71. The van der Waals surface area contributed by atoms with Gasteiger partial charge in [-0.25, -0.2) is 0 Å². The molecule has 0 unspecified atom stereocenters. The molecule has 0 bridgehead atoms. The Kier molecular flexibility index (Phi) is 4.88. The van der Waals surface area contributed by atoms with Crippen LogP contribution in [0.3, 0.4) is 0 Å². The lowest BCUT2D eigenvalue weighted by atomic mass is 10.1. The van der Waals surface area contributed by atoms with Gasteiger partial charge in [-0.1, -0.05) is 57.2 Å². The Morgan fingerprint density at radius 2 is 1.59 bits per heavy atom. The highest BCUT2D eigenvalue weighted by atomic mass is 28.4. The second-order valence-electron chi connectivity index (χ2n) is 7.37. The van der Waals surface area contributed by atoms with Gasteiger partial charge in [-0.15, -0.1) is 0 Å². The second-order valence-corrected chi connectivity index (χ2v) is 12.1. The number of aromatic nitrogens is 1. The second kappa shape index (κ2) is 6.35. The standard InChI is InChI=1S/C19H27NOSi/c1-15-11-10-14-17(20-15)18(16-12-8-7-9-13-16)21-22(5,6)19(2,3)4/h7-14,18H,1-6H3/t18-/m1/s1. The van der Waals surface area contributed by atoms with Crippen LogP contribution in [0.5, 0.6) is 0 Å². The van der Waals surface area contributed by atoms with Crippen molar-refractivity contribution in [3.63, 3.8) is 0 Å². The minimum absolute atomic E-state index is 0.0954. The predicted molar refractivity (Wildman–Crippen MR) is 95.5 cm³/mol. The third-order valence-electron chi connectivity index (χ3n) is 4.50. The van der Waals surface area contributed by atoms with Crippen molar-refractivity contribution in [3.05, 3.63) is 65.5 Å². The van der Waals surface area contributed by atoms with Crippen molar-refractivity contribution in [2.45, 2.75) is 51.9 Å². The highest BCUT2D eigenvalue weighted by Crippen LogP contribution is 2.41. The lowest BCUT2D eigenvalue weighted by molar-refractivity contribution is 0.217. The molecule has 2 nitrogen and oxygen atoms in total. The van der Waals surface area contributed by atoms with Crippen LogP contribution in [0.15, 0.2) is 48.5 Å². The molecule has 2 aromatic rings. The van der Waals surface area contributed by atoms with E-state index in [-0.39, 0.29) is 11.1 Å². The monoisotopic (exact) mass is 313 g/mol. The van der Waals surface area contributed by atoms with Crippen LogP contribution in [-0.2, 0) is 4.43 Å². The van der Waals surface area contributed by atoms with Gasteiger partial charge in [-0.3, -0.25) is 4.98 Å². The molecule has 0 fully saturated rings. The van der Waals surface area contributed by atoms with Gasteiger partial charge in [0.15, 0.2) is 8.32 Å². The van der Waals surface area contributed by atoms with Crippen LogP contribution in [0.2, 0.25) is 18.1 Å². The van der Waals surface area contributed by atoms with Crippen LogP contribution in [0, 0.1) is 6.92 Å². The van der Waals surface area contributed by atoms with E-state index in [0.717, 1.165) is 11.4 Å². The van der Waals surface area contributed by atoms with Gasteiger partial charge in [0.25, 0.3) is 0 Å². The summed E-state index contributed by atoms with van der Waals surface area (Å²) >= 11 is 0. The molecule has 1 atom stereocenters. The Hall–Kier alpha value is -1.45. The van der Waals surface area contributed by atoms with Gasteiger partial charge >= 0.3 is 0 Å². The molecular weight excluding hydrogens is 286 g/mol. The number of aryl methyl sites for hydroxylation is 1. The highest BCUT2D eigenvalue weighted by Gasteiger charge is 2.40. The Morgan fingerprint density at radius 1 is 0.955 bits per heavy atom. The maximum atomic E-state index is 6.71. The first-order chi connectivity index (χ1) is 10.2. The zero-order valence-electron chi connectivity index (χ0n) is 14.6. The lowest BCUT2D eigenvalue weighted by Crippen LogP contribution is -2.42. The van der Waals surface area contributed by atoms with Crippen molar-refractivity contribution in [1.82, 2.24) is 4.98 Å². The molecule has 118 valence electrons. The predicted octanol–water partition coefficient (Wildman–Crippen LogP) is 5.50. The minimum atomic E-state index is -1.89. The third-order valence-corrected chi connectivity index (χ3v) is 8.94. The number of hydrogen-bond acceptors (Lipinski definition) is 2. The SMILES string of the molecule is Cc1cccc([C@H](O[Si](C)(C)C(C)(C)C)c2ccccc2)n1. The van der Waals surface area contributed by atoms with E-state index in [9.17, 15) is 0 Å². The molecule has 22 heavy (non-hydrogen) atoms. The topological polar surface area (TPSA) is 22.1 Å². The molecule has 0 aliphatic heterocycles. The van der Waals surface area contributed by atoms with Gasteiger partial charge in [-0.2, -0.15) is 0 Å². The van der Waals surface area contributed by atoms with Crippen LogP contribution in [0.25, 0.3) is 0 Å². The van der Waals surface area contributed by atoms with E-state index in [2.05, 4.69) is 70.3 Å². The van der Waals surface area contributed by atoms with Crippen LogP contribution in [0.4, 0.5) is 0 Å². The largest absolute Gasteiger partial charge is 0.404 e. The maximum absolute atomic E-state index is 6.71. The van der Waals surface area contributed by atoms with E-state index in [1.165, 1.54) is 5.56 Å². The molecule has 1 heterocycles. The zero-order valence-corrected chi connectivity index (χ0v) is 15.6. The van der Waals surface area contributed by atoms with Crippen molar-refractivity contribution >= 4 is 8.32 Å². The molecule has 0 aliphatic rings. The van der Waals surface area contributed by atoms with Crippen molar-refractivity contribution in [3.8, 4) is 0 Å². The normalized spacial score (nSPS) is 13.9. The van der Waals surface area contributed by atoms with Crippen LogP contribution in [0.1, 0.15) is 43.8 Å². The van der Waals surface area contributed by atoms with E-state index in [4.69, 9.17) is 9.41 Å². The van der Waals surface area contributed by atoms with Crippen molar-refractivity contribution < 1.29 is 4.43 Å². The van der Waals surface area contributed by atoms with Gasteiger partial charge < -0.3 is 4.43 Å². The summed E-state index contributed by atoms with van der Waals surface area (Å²) in [5.74, 6) is 0. The average Bonchev–Trinajstić information content (AvgIpc) is 2.44. The number of pyridine rings is 1. The Balaban J connectivity index is 2.44. The fourth-order valence-electron chi connectivity index (χ4n) is 2.11. The molecule has 0 saturated heterocycles. The molecule has 1 aromatic heterocycles. The zero-order chi connectivity index (χ0) is 16.4. The van der Waals surface area contributed by atoms with Crippen molar-refractivity contribution in [2.24, 2.45) is 0 Å². The smallest absolute Gasteiger partial charge is 0.193 e. The quantitative estimate of drug-likeness (QED) is 0.695. The van der Waals surface area contributed by atoms with E-state index >= 15 is 0 Å². The molecule has 1 aromatic carbocycles. The molecular formula is C19H27NOSi. The third kappa shape index (κ3) is 3.84. The molecule has 0 aliphatic carbocycles. The van der Waals surface area contributed by atoms with E-state index in [0.29, 0.717) is 0 Å². The number of nitrogens with zero attached hydrogens (tertiary/aromatic N) is 1. The summed E-state index contributed by atoms with van der Waals surface area (Å²) in [5, 5.41) is 0.170. The number of hydrogen-bond donors (Lipinski definition) is 0. The van der Waals surface area contributed by atoms with Crippen molar-refractivity contribution in [1.29, 1.82) is 0 Å². The van der Waals surface area contributed by atoms with Crippen LogP contribution < -0.4 is 0 Å². The van der Waals surface area contributed by atoms with Crippen LogP contribution >= 0.6 is 0 Å². The Labute approximate surface area is 135 Å². The fraction of sp³-hybridized carbons (Fsp3) is 0.421. The van der Waals surface area contributed by atoms with E-state index in [1.54, 1.807) is 0 Å². The summed E-state index contributed by atoms with van der Waals surface area (Å²) in [6.45, 7) is 13.4. The Morgan fingerprint density at radius 3 is 2.14 bits per heavy atom. The summed E-state index contributed by atoms with van der Waals surface area (Å²) in [5.41, 5.74) is 3.19. The van der Waals surface area contributed by atoms with Gasteiger partial charge in [0.1, 0.15) is 6.10 Å². The Bertz CT molecular complexity index is 617. The van der Waals surface area contributed by atoms with Crippen LogP contribution in [-0.4, -0.2) is 13.3 Å². The average molecular weight is 314 g/mol. The molecule has 0 radical (unpaired) electrons. The molecule has 0 amide bonds. The summed E-state index contributed by atoms with van der Waals surface area (Å²) in [6.07, 6.45) is -0.0954. The molecule has 0 N–H and O–H groups in total. The van der Waals surface area contributed by atoms with Crippen molar-refractivity contribution in [2.75, 3.05) is 0 Å². The van der Waals surface area contributed by atoms with Gasteiger partial charge in [0, 0.05) is 5.69 Å². The molecule has 0 spiro atoms. The molecule has 3 heteroatoms. The number of rotatable bonds is 4. The lowest BCUT2D eigenvalue weighted by Gasteiger charge is -2.39. The first-order valence-corrected chi connectivity index (χ1v) is 10.8. The molecule has 2 rings (SSSR count). The first kappa shape index (κ1) is 16.9. The number of benzene rings is 1. The maximum Gasteiger partial charge on any atom is 0.193 e. The van der Waals surface area contributed by atoms with E-state index in [1.807, 2.05) is 19.1 Å². The van der Waals surface area contributed by atoms with Gasteiger partial charge in [-0.05, 0) is 42.8 Å². The van der Waals surface area contributed by atoms with Gasteiger partial charge in [0.05, 0.1) is 5.69 Å². The molecule has 0 saturated carbocycles. The summed E-state index contributed by atoms with van der Waals surface area (Å²) in [6, 6.07) is 16.6. The summed E-state index contributed by atoms with van der Waals surface area (Å²) in [7, 11) is -1.89. The van der Waals surface area contributed by atoms with Gasteiger partial charge in [0.2, 0.25) is 0 Å².